The fourth-order valence-corrected chi connectivity index (χ4v) is 4.81. The number of rotatable bonds is 4. The van der Waals surface area contributed by atoms with Gasteiger partial charge in [0.1, 0.15) is 0 Å². The van der Waals surface area contributed by atoms with E-state index in [0.717, 1.165) is 34.1 Å². The number of carbonyl (C=O) groups is 1. The molecule has 0 radical (unpaired) electrons. The van der Waals surface area contributed by atoms with Gasteiger partial charge in [0.2, 0.25) is 0 Å². The van der Waals surface area contributed by atoms with Crippen molar-refractivity contribution in [3.63, 3.8) is 0 Å². The second-order valence-corrected chi connectivity index (χ2v) is 8.97. The summed E-state index contributed by atoms with van der Waals surface area (Å²) in [6.07, 6.45) is 1.98. The van der Waals surface area contributed by atoms with Crippen molar-refractivity contribution in [1.82, 2.24) is 4.98 Å². The molecule has 1 amide bonds. The molecule has 2 heterocycles. The van der Waals surface area contributed by atoms with E-state index in [1.165, 1.54) is 16.9 Å². The molecule has 1 aliphatic heterocycles. The van der Waals surface area contributed by atoms with Gasteiger partial charge in [-0.15, -0.1) is 0 Å². The number of carbonyl (C=O) groups excluding carboxylic acids is 1. The van der Waals surface area contributed by atoms with Crippen molar-refractivity contribution in [2.45, 2.75) is 25.9 Å². The zero-order valence-electron chi connectivity index (χ0n) is 14.7. The van der Waals surface area contributed by atoms with Crippen LogP contribution in [-0.4, -0.2) is 30.1 Å². The molecule has 1 aromatic heterocycles. The highest BCUT2D eigenvalue weighted by Crippen LogP contribution is 2.33. The smallest absolute Gasteiger partial charge is 0.261 e. The third-order valence-electron chi connectivity index (χ3n) is 4.58. The van der Waals surface area contributed by atoms with Crippen molar-refractivity contribution in [2.75, 3.05) is 18.1 Å². The monoisotopic (exact) mass is 464 g/mol. The Kier molecular flexibility index (Phi) is 5.50. The molecule has 4 rings (SSSR count). The van der Waals surface area contributed by atoms with Gasteiger partial charge in [-0.05, 0) is 55.7 Å². The molecule has 140 valence electrons. The van der Waals surface area contributed by atoms with Crippen LogP contribution in [0.25, 0.3) is 10.2 Å². The number of anilines is 1. The number of hydrogen-bond donors (Lipinski definition) is 0. The van der Waals surface area contributed by atoms with Gasteiger partial charge >= 0.3 is 0 Å². The topological polar surface area (TPSA) is 42.4 Å². The van der Waals surface area contributed by atoms with Crippen LogP contribution < -0.4 is 4.90 Å². The number of ether oxygens (including phenoxy) is 1. The van der Waals surface area contributed by atoms with Crippen molar-refractivity contribution < 1.29 is 9.53 Å². The van der Waals surface area contributed by atoms with Crippen LogP contribution in [0.4, 0.5) is 5.13 Å². The van der Waals surface area contributed by atoms with E-state index in [0.29, 0.717) is 22.3 Å². The van der Waals surface area contributed by atoms with Gasteiger partial charge in [0.05, 0.1) is 33.5 Å². The Morgan fingerprint density at radius 2 is 2.22 bits per heavy atom. The van der Waals surface area contributed by atoms with Gasteiger partial charge in [-0.25, -0.2) is 4.98 Å². The summed E-state index contributed by atoms with van der Waals surface area (Å²) in [7, 11) is 0. The summed E-state index contributed by atoms with van der Waals surface area (Å²) in [5.41, 5.74) is 2.52. The molecule has 2 aromatic carbocycles. The van der Waals surface area contributed by atoms with Gasteiger partial charge in [0, 0.05) is 11.1 Å². The van der Waals surface area contributed by atoms with Crippen molar-refractivity contribution in [3.8, 4) is 0 Å². The Morgan fingerprint density at radius 1 is 1.37 bits per heavy atom. The first kappa shape index (κ1) is 18.9. The predicted octanol–water partition coefficient (Wildman–Crippen LogP) is 5.85. The highest BCUT2D eigenvalue weighted by Gasteiger charge is 2.28. The van der Waals surface area contributed by atoms with E-state index in [4.69, 9.17) is 21.3 Å². The summed E-state index contributed by atoms with van der Waals surface area (Å²) in [4.78, 5) is 19.8. The largest absolute Gasteiger partial charge is 0.376 e. The molecule has 1 atom stereocenters. The lowest BCUT2D eigenvalue weighted by Crippen LogP contribution is -2.37. The first-order valence-electron chi connectivity index (χ1n) is 8.77. The van der Waals surface area contributed by atoms with Gasteiger partial charge in [-0.2, -0.15) is 0 Å². The first-order chi connectivity index (χ1) is 13.0. The fraction of sp³-hybridized carbons (Fsp3) is 0.300. The lowest BCUT2D eigenvalue weighted by Gasteiger charge is -2.23. The summed E-state index contributed by atoms with van der Waals surface area (Å²) in [6, 6.07) is 11.4. The third-order valence-corrected chi connectivity index (χ3v) is 6.44. The Balaban J connectivity index is 1.75. The Morgan fingerprint density at radius 3 is 3.00 bits per heavy atom. The fourth-order valence-electron chi connectivity index (χ4n) is 3.18. The minimum atomic E-state index is -0.160. The SMILES string of the molecule is Cc1ccc2nc(N(CC3CCCO3)C(=O)c3cc(Br)ccc3Cl)sc2c1. The number of aryl methyl sites for hydroxylation is 1. The van der Waals surface area contributed by atoms with Crippen molar-refractivity contribution in [3.05, 3.63) is 57.0 Å². The van der Waals surface area contributed by atoms with Crippen LogP contribution in [0, 0.1) is 6.92 Å². The molecule has 0 spiro atoms. The van der Waals surface area contributed by atoms with Gasteiger partial charge < -0.3 is 4.74 Å². The summed E-state index contributed by atoms with van der Waals surface area (Å²) in [5, 5.41) is 1.10. The number of benzene rings is 2. The predicted molar refractivity (Wildman–Crippen MR) is 114 cm³/mol. The van der Waals surface area contributed by atoms with Crippen LogP contribution in [0.5, 0.6) is 0 Å². The van der Waals surface area contributed by atoms with E-state index in [9.17, 15) is 4.79 Å². The molecule has 1 unspecified atom stereocenters. The van der Waals surface area contributed by atoms with Gasteiger partial charge in [0.15, 0.2) is 5.13 Å². The maximum atomic E-state index is 13.4. The van der Waals surface area contributed by atoms with Crippen LogP contribution in [0.2, 0.25) is 5.02 Å². The summed E-state index contributed by atoms with van der Waals surface area (Å²) >= 11 is 11.3. The molecule has 1 fully saturated rings. The zero-order chi connectivity index (χ0) is 19.0. The number of thiazole rings is 1. The first-order valence-corrected chi connectivity index (χ1v) is 10.8. The Labute approximate surface area is 175 Å². The maximum absolute atomic E-state index is 13.4. The molecule has 0 bridgehead atoms. The zero-order valence-corrected chi connectivity index (χ0v) is 17.9. The standard InChI is InChI=1S/C20H18BrClN2O2S/c1-12-4-7-17-18(9-12)27-20(23-17)24(11-14-3-2-8-26-14)19(25)15-10-13(21)5-6-16(15)22/h4-7,9-10,14H,2-3,8,11H2,1H3. The third kappa shape index (κ3) is 4.04. The van der Waals surface area contributed by atoms with E-state index in [2.05, 4.69) is 28.9 Å². The lowest BCUT2D eigenvalue weighted by molar-refractivity contribution is 0.0917. The molecule has 4 nitrogen and oxygen atoms in total. The number of aromatic nitrogens is 1. The van der Waals surface area contributed by atoms with Gasteiger partial charge in [0.25, 0.3) is 5.91 Å². The van der Waals surface area contributed by atoms with Crippen molar-refractivity contribution in [2.24, 2.45) is 0 Å². The molecule has 7 heteroatoms. The van der Waals surface area contributed by atoms with Crippen LogP contribution in [0.15, 0.2) is 40.9 Å². The van der Waals surface area contributed by atoms with Crippen molar-refractivity contribution >= 4 is 60.1 Å². The molecule has 27 heavy (non-hydrogen) atoms. The van der Waals surface area contributed by atoms with E-state index in [1.54, 1.807) is 17.0 Å². The highest BCUT2D eigenvalue weighted by atomic mass is 79.9. The van der Waals surface area contributed by atoms with E-state index >= 15 is 0 Å². The molecule has 3 aromatic rings. The molecule has 0 aliphatic carbocycles. The molecular weight excluding hydrogens is 448 g/mol. The minimum Gasteiger partial charge on any atom is -0.376 e. The van der Waals surface area contributed by atoms with E-state index < -0.39 is 0 Å². The quantitative estimate of drug-likeness (QED) is 0.485. The molecule has 0 saturated carbocycles. The molecule has 1 aliphatic rings. The lowest BCUT2D eigenvalue weighted by atomic mass is 10.1. The summed E-state index contributed by atoms with van der Waals surface area (Å²) < 4.78 is 7.66. The second-order valence-electron chi connectivity index (χ2n) is 6.64. The normalized spacial score (nSPS) is 16.8. The number of halogens is 2. The van der Waals surface area contributed by atoms with E-state index in [1.807, 2.05) is 18.2 Å². The van der Waals surface area contributed by atoms with Crippen LogP contribution in [0.1, 0.15) is 28.8 Å². The van der Waals surface area contributed by atoms with Crippen molar-refractivity contribution in [1.29, 1.82) is 0 Å². The number of fused-ring (bicyclic) bond motifs is 1. The van der Waals surface area contributed by atoms with Crippen LogP contribution in [0.3, 0.4) is 0 Å². The Hall–Kier alpha value is -1.47. The number of hydrogen-bond acceptors (Lipinski definition) is 4. The molecule has 0 N–H and O–H groups in total. The average Bonchev–Trinajstić information content (AvgIpc) is 3.30. The van der Waals surface area contributed by atoms with Crippen LogP contribution in [-0.2, 0) is 4.74 Å². The van der Waals surface area contributed by atoms with Crippen LogP contribution >= 0.6 is 38.9 Å². The van der Waals surface area contributed by atoms with E-state index in [-0.39, 0.29) is 12.0 Å². The maximum Gasteiger partial charge on any atom is 0.261 e. The number of amides is 1. The highest BCUT2D eigenvalue weighted by molar-refractivity contribution is 9.10. The minimum absolute atomic E-state index is 0.0219. The molecule has 1 saturated heterocycles. The average molecular weight is 466 g/mol. The molecular formula is C20H18BrClN2O2S. The van der Waals surface area contributed by atoms with Gasteiger partial charge in [-0.1, -0.05) is 44.9 Å². The summed E-state index contributed by atoms with van der Waals surface area (Å²) in [6.45, 7) is 3.26. The summed E-state index contributed by atoms with van der Waals surface area (Å²) in [5.74, 6) is -0.160. The second kappa shape index (κ2) is 7.87. The van der Waals surface area contributed by atoms with Gasteiger partial charge in [-0.3, -0.25) is 9.69 Å². The Bertz CT molecular complexity index is 1000. The number of nitrogens with zero attached hydrogens (tertiary/aromatic N) is 2.